The van der Waals surface area contributed by atoms with Crippen molar-refractivity contribution in [2.45, 2.75) is 6.92 Å². The Kier molecular flexibility index (Phi) is 3.77. The summed E-state index contributed by atoms with van der Waals surface area (Å²) in [6, 6.07) is 1.49. The summed E-state index contributed by atoms with van der Waals surface area (Å²) >= 11 is 6.81. The third-order valence-corrected chi connectivity index (χ3v) is 3.30. The lowest BCUT2D eigenvalue weighted by molar-refractivity contribution is 0.0698. The van der Waals surface area contributed by atoms with Crippen molar-refractivity contribution < 1.29 is 14.7 Å². The smallest absolute Gasteiger partial charge is 0.338 e. The summed E-state index contributed by atoms with van der Waals surface area (Å²) in [6.07, 6.45) is 2.55. The first kappa shape index (κ1) is 13.4. The number of amides is 1. The van der Waals surface area contributed by atoms with Crippen LogP contribution < -0.4 is 5.32 Å². The number of aryl methyl sites for hydroxylation is 1. The summed E-state index contributed by atoms with van der Waals surface area (Å²) in [6.45, 7) is 1.76. The number of carbonyl (C=O) groups excluding carboxylic acids is 1. The minimum absolute atomic E-state index is 0.0230. The number of nitrogens with zero attached hydrogens (tertiary/aromatic N) is 2. The van der Waals surface area contributed by atoms with Crippen LogP contribution in [0.25, 0.3) is 0 Å². The fourth-order valence-corrected chi connectivity index (χ4v) is 2.43. The quantitative estimate of drug-likeness (QED) is 0.908. The number of carboxylic acids is 1. The summed E-state index contributed by atoms with van der Waals surface area (Å²) in [5.41, 5.74) is 0.0701. The maximum absolute atomic E-state index is 11.9. The summed E-state index contributed by atoms with van der Waals surface area (Å²) < 4.78 is 0. The maximum Gasteiger partial charge on any atom is 0.338 e. The second-order valence-electron chi connectivity index (χ2n) is 3.59. The van der Waals surface area contributed by atoms with Gasteiger partial charge in [-0.3, -0.25) is 9.78 Å². The number of halogens is 1. The Morgan fingerprint density at radius 1 is 1.42 bits per heavy atom. The first-order chi connectivity index (χ1) is 8.97. The largest absolute Gasteiger partial charge is 0.478 e. The van der Waals surface area contributed by atoms with Gasteiger partial charge in [-0.2, -0.15) is 0 Å². The van der Waals surface area contributed by atoms with E-state index in [9.17, 15) is 9.59 Å². The van der Waals surface area contributed by atoms with Gasteiger partial charge in [0.05, 0.1) is 18.0 Å². The molecule has 0 atom stereocenters. The van der Waals surface area contributed by atoms with Crippen molar-refractivity contribution in [1.29, 1.82) is 0 Å². The van der Waals surface area contributed by atoms with Crippen LogP contribution in [0.4, 0.5) is 5.00 Å². The number of hydrogen-bond donors (Lipinski definition) is 2. The molecular formula is C11H8ClN3O3S. The molecule has 0 aliphatic rings. The molecule has 2 aromatic rings. The van der Waals surface area contributed by atoms with Crippen LogP contribution in [0.2, 0.25) is 5.15 Å². The van der Waals surface area contributed by atoms with Gasteiger partial charge in [-0.1, -0.05) is 11.6 Å². The van der Waals surface area contributed by atoms with Crippen LogP contribution in [0.5, 0.6) is 0 Å². The number of hydrogen-bond acceptors (Lipinski definition) is 5. The average molecular weight is 298 g/mol. The third kappa shape index (κ3) is 3.07. The highest BCUT2D eigenvalue weighted by Gasteiger charge is 2.17. The van der Waals surface area contributed by atoms with Crippen LogP contribution in [0.3, 0.4) is 0 Å². The van der Waals surface area contributed by atoms with Gasteiger partial charge in [0.2, 0.25) is 0 Å². The highest BCUT2D eigenvalue weighted by atomic mass is 35.5. The van der Waals surface area contributed by atoms with E-state index in [1.807, 2.05) is 0 Å². The van der Waals surface area contributed by atoms with E-state index in [4.69, 9.17) is 16.7 Å². The number of thiophene rings is 1. The lowest BCUT2D eigenvalue weighted by Crippen LogP contribution is -2.15. The minimum Gasteiger partial charge on any atom is -0.478 e. The normalized spacial score (nSPS) is 10.2. The van der Waals surface area contributed by atoms with Crippen LogP contribution >= 0.6 is 22.9 Å². The van der Waals surface area contributed by atoms with Crippen LogP contribution in [0.15, 0.2) is 18.5 Å². The molecule has 2 aromatic heterocycles. The van der Waals surface area contributed by atoms with Crippen LogP contribution in [-0.2, 0) is 0 Å². The van der Waals surface area contributed by atoms with Crippen molar-refractivity contribution in [2.24, 2.45) is 0 Å². The lowest BCUT2D eigenvalue weighted by Gasteiger charge is -2.03. The Balaban J connectivity index is 2.26. The zero-order valence-electron chi connectivity index (χ0n) is 9.68. The Hall–Kier alpha value is -1.99. The van der Waals surface area contributed by atoms with Gasteiger partial charge in [0, 0.05) is 4.88 Å². The van der Waals surface area contributed by atoms with E-state index in [1.165, 1.54) is 29.8 Å². The molecule has 0 spiro atoms. The summed E-state index contributed by atoms with van der Waals surface area (Å²) in [5.74, 6) is -1.66. The Bertz CT molecular complexity index is 656. The summed E-state index contributed by atoms with van der Waals surface area (Å²) in [7, 11) is 0. The number of rotatable bonds is 3. The van der Waals surface area contributed by atoms with Gasteiger partial charge in [-0.25, -0.2) is 9.78 Å². The molecule has 0 saturated heterocycles. The van der Waals surface area contributed by atoms with E-state index in [0.717, 1.165) is 4.88 Å². The molecule has 98 valence electrons. The van der Waals surface area contributed by atoms with E-state index in [2.05, 4.69) is 15.3 Å². The molecule has 0 radical (unpaired) electrons. The SMILES string of the molecule is Cc1cc(C(=O)O)c(NC(=O)c2cncc(Cl)n2)s1. The van der Waals surface area contributed by atoms with Crippen LogP contribution in [0, 0.1) is 6.92 Å². The van der Waals surface area contributed by atoms with Gasteiger partial charge >= 0.3 is 5.97 Å². The van der Waals surface area contributed by atoms with Crippen molar-refractivity contribution in [3.63, 3.8) is 0 Å². The summed E-state index contributed by atoms with van der Waals surface area (Å²) in [5, 5.41) is 11.9. The molecule has 2 rings (SSSR count). The topological polar surface area (TPSA) is 92.2 Å². The van der Waals surface area contributed by atoms with E-state index in [1.54, 1.807) is 6.92 Å². The molecule has 0 bridgehead atoms. The number of anilines is 1. The molecular weight excluding hydrogens is 290 g/mol. The molecule has 6 nitrogen and oxygen atoms in total. The van der Waals surface area contributed by atoms with Crippen molar-refractivity contribution in [3.05, 3.63) is 39.7 Å². The fourth-order valence-electron chi connectivity index (χ4n) is 1.38. The average Bonchev–Trinajstić information content (AvgIpc) is 2.70. The Labute approximate surface area is 117 Å². The van der Waals surface area contributed by atoms with Gasteiger partial charge < -0.3 is 10.4 Å². The van der Waals surface area contributed by atoms with Gasteiger partial charge in [0.25, 0.3) is 5.91 Å². The highest BCUT2D eigenvalue weighted by molar-refractivity contribution is 7.16. The molecule has 2 N–H and O–H groups in total. The van der Waals surface area contributed by atoms with Gasteiger partial charge in [-0.15, -0.1) is 11.3 Å². The number of carbonyl (C=O) groups is 2. The zero-order chi connectivity index (χ0) is 14.0. The van der Waals surface area contributed by atoms with Crippen molar-refractivity contribution in [2.75, 3.05) is 5.32 Å². The molecule has 0 aliphatic heterocycles. The number of nitrogens with one attached hydrogen (secondary N) is 1. The number of carboxylic acid groups (broad SMARTS) is 1. The Morgan fingerprint density at radius 3 is 2.79 bits per heavy atom. The molecule has 2 heterocycles. The lowest BCUT2D eigenvalue weighted by atomic mass is 10.3. The molecule has 19 heavy (non-hydrogen) atoms. The molecule has 0 aliphatic carbocycles. The van der Waals surface area contributed by atoms with E-state index < -0.39 is 11.9 Å². The van der Waals surface area contributed by atoms with E-state index in [-0.39, 0.29) is 21.4 Å². The molecule has 8 heteroatoms. The highest BCUT2D eigenvalue weighted by Crippen LogP contribution is 2.27. The Morgan fingerprint density at radius 2 is 2.16 bits per heavy atom. The van der Waals surface area contributed by atoms with Gasteiger partial charge in [0.15, 0.2) is 0 Å². The van der Waals surface area contributed by atoms with E-state index in [0.29, 0.717) is 0 Å². The first-order valence-electron chi connectivity index (χ1n) is 5.10. The maximum atomic E-state index is 11.9. The minimum atomic E-state index is -1.10. The second-order valence-corrected chi connectivity index (χ2v) is 5.23. The van der Waals surface area contributed by atoms with E-state index >= 15 is 0 Å². The van der Waals surface area contributed by atoms with Gasteiger partial charge in [0.1, 0.15) is 15.8 Å². The first-order valence-corrected chi connectivity index (χ1v) is 6.29. The molecule has 1 amide bonds. The van der Waals surface area contributed by atoms with Crippen molar-refractivity contribution in [1.82, 2.24) is 9.97 Å². The molecule has 0 saturated carbocycles. The van der Waals surface area contributed by atoms with Gasteiger partial charge in [-0.05, 0) is 13.0 Å². The number of aromatic carboxylic acids is 1. The third-order valence-electron chi connectivity index (χ3n) is 2.15. The molecule has 0 aromatic carbocycles. The van der Waals surface area contributed by atoms with Crippen LogP contribution in [-0.4, -0.2) is 27.0 Å². The monoisotopic (exact) mass is 297 g/mol. The van der Waals surface area contributed by atoms with Crippen molar-refractivity contribution >= 4 is 39.8 Å². The fraction of sp³-hybridized carbons (Fsp3) is 0.0909. The number of aromatic nitrogens is 2. The molecule has 0 unspecified atom stereocenters. The molecule has 0 fully saturated rings. The summed E-state index contributed by atoms with van der Waals surface area (Å²) in [4.78, 5) is 31.2. The predicted molar refractivity (Wildman–Crippen MR) is 71.0 cm³/mol. The predicted octanol–water partition coefficient (Wildman–Crippen LogP) is 2.45. The van der Waals surface area contributed by atoms with Crippen molar-refractivity contribution in [3.8, 4) is 0 Å². The standard InChI is InChI=1S/C11H8ClN3O3S/c1-5-2-6(11(17)18)10(19-5)15-9(16)7-3-13-4-8(12)14-7/h2-4H,1H3,(H,15,16)(H,17,18). The zero-order valence-corrected chi connectivity index (χ0v) is 11.2. The van der Waals surface area contributed by atoms with Crippen LogP contribution in [0.1, 0.15) is 25.7 Å². The second kappa shape index (κ2) is 5.33.